The van der Waals surface area contributed by atoms with Crippen molar-refractivity contribution in [3.8, 4) is 11.3 Å². The van der Waals surface area contributed by atoms with Crippen LogP contribution in [0.4, 0.5) is 0 Å². The van der Waals surface area contributed by atoms with Crippen molar-refractivity contribution in [3.05, 3.63) is 86.9 Å². The van der Waals surface area contributed by atoms with Crippen LogP contribution in [0.3, 0.4) is 0 Å². The molecule has 0 aliphatic carbocycles. The Balaban J connectivity index is 1.53. The fourth-order valence-electron chi connectivity index (χ4n) is 3.28. The van der Waals surface area contributed by atoms with Gasteiger partial charge in [0.15, 0.2) is 0 Å². The highest BCUT2D eigenvalue weighted by Gasteiger charge is 2.13. The van der Waals surface area contributed by atoms with E-state index in [9.17, 15) is 9.59 Å². The summed E-state index contributed by atoms with van der Waals surface area (Å²) in [5.41, 5.74) is 4.79. The van der Waals surface area contributed by atoms with Gasteiger partial charge >= 0.3 is 0 Å². The molecule has 0 radical (unpaired) electrons. The molecule has 0 aliphatic heterocycles. The molecule has 4 rings (SSSR count). The number of benzene rings is 2. The molecule has 0 aliphatic rings. The number of nitrogens with one attached hydrogen (secondary N) is 1. The van der Waals surface area contributed by atoms with Crippen molar-refractivity contribution in [2.75, 3.05) is 0 Å². The molecule has 30 heavy (non-hydrogen) atoms. The maximum atomic E-state index is 12.8. The summed E-state index contributed by atoms with van der Waals surface area (Å²) in [5.74, 6) is -0.307. The molecule has 0 bridgehead atoms. The lowest BCUT2D eigenvalue weighted by atomic mass is 10.0. The van der Waals surface area contributed by atoms with E-state index in [1.165, 1.54) is 10.8 Å². The van der Waals surface area contributed by atoms with Crippen molar-refractivity contribution < 1.29 is 4.79 Å². The minimum Gasteiger partial charge on any atom is -0.350 e. The molecule has 2 heterocycles. The van der Waals surface area contributed by atoms with E-state index in [0.717, 1.165) is 26.9 Å². The highest BCUT2D eigenvalue weighted by Crippen LogP contribution is 2.23. The van der Waals surface area contributed by atoms with E-state index in [4.69, 9.17) is 11.6 Å². The molecule has 2 aromatic heterocycles. The van der Waals surface area contributed by atoms with Crippen LogP contribution in [0, 0.1) is 13.8 Å². The van der Waals surface area contributed by atoms with Crippen molar-refractivity contribution in [2.24, 2.45) is 0 Å². The molecule has 0 unspecified atom stereocenters. The zero-order chi connectivity index (χ0) is 21.3. The van der Waals surface area contributed by atoms with Gasteiger partial charge in [0.1, 0.15) is 18.4 Å². The summed E-state index contributed by atoms with van der Waals surface area (Å²) in [7, 11) is 0. The zero-order valence-electron chi connectivity index (χ0n) is 16.6. The maximum Gasteiger partial charge on any atom is 0.293 e. The summed E-state index contributed by atoms with van der Waals surface area (Å²) in [5, 5.41) is 12.0. The first-order valence-electron chi connectivity index (χ1n) is 9.45. The molecule has 0 saturated heterocycles. The highest BCUT2D eigenvalue weighted by atomic mass is 35.5. The number of nitrogens with zero attached hydrogens (tertiary/aromatic N) is 4. The number of amides is 1. The quantitative estimate of drug-likeness (QED) is 0.536. The van der Waals surface area contributed by atoms with E-state index in [2.05, 4.69) is 21.6 Å². The van der Waals surface area contributed by atoms with Crippen LogP contribution in [0.2, 0.25) is 5.02 Å². The molecule has 8 heteroatoms. The highest BCUT2D eigenvalue weighted by molar-refractivity contribution is 6.30. The molecule has 1 N–H and O–H groups in total. The number of aryl methyl sites for hydroxylation is 2. The van der Waals surface area contributed by atoms with Gasteiger partial charge in [0.2, 0.25) is 5.91 Å². The second-order valence-electron chi connectivity index (χ2n) is 7.17. The predicted octanol–water partition coefficient (Wildman–Crippen LogP) is 3.14. The van der Waals surface area contributed by atoms with Gasteiger partial charge in [0.05, 0.1) is 5.69 Å². The Morgan fingerprint density at radius 1 is 1.10 bits per heavy atom. The first-order chi connectivity index (χ1) is 14.4. The van der Waals surface area contributed by atoms with Gasteiger partial charge in [-0.15, -0.1) is 0 Å². The molecule has 1 amide bonds. The Bertz CT molecular complexity index is 1290. The lowest BCUT2D eigenvalue weighted by Crippen LogP contribution is -2.34. The normalized spacial score (nSPS) is 11.0. The van der Waals surface area contributed by atoms with Crippen molar-refractivity contribution in [1.82, 2.24) is 24.7 Å². The number of carbonyl (C=O) groups excluding carboxylic acids is 1. The summed E-state index contributed by atoms with van der Waals surface area (Å²) in [6.45, 7) is 4.21. The van der Waals surface area contributed by atoms with E-state index in [-0.39, 0.29) is 18.0 Å². The first kappa shape index (κ1) is 19.8. The summed E-state index contributed by atoms with van der Waals surface area (Å²) >= 11 is 5.86. The average Bonchev–Trinajstić information content (AvgIpc) is 3.14. The summed E-state index contributed by atoms with van der Waals surface area (Å²) in [6, 6.07) is 15.0. The van der Waals surface area contributed by atoms with Gasteiger partial charge in [-0.2, -0.15) is 10.2 Å². The predicted molar refractivity (Wildman–Crippen MR) is 115 cm³/mol. The van der Waals surface area contributed by atoms with Crippen molar-refractivity contribution in [2.45, 2.75) is 26.9 Å². The molecule has 0 spiro atoms. The number of fused-ring (bicyclic) bond motifs is 1. The Hall–Kier alpha value is -3.45. The first-order valence-corrected chi connectivity index (χ1v) is 9.83. The average molecular weight is 422 g/mol. The third-order valence-corrected chi connectivity index (χ3v) is 5.10. The molecule has 0 atom stereocenters. The molecule has 152 valence electrons. The lowest BCUT2D eigenvalue weighted by molar-refractivity contribution is -0.122. The topological polar surface area (TPSA) is 81.3 Å². The van der Waals surface area contributed by atoms with Crippen LogP contribution in [-0.4, -0.2) is 25.3 Å². The smallest absolute Gasteiger partial charge is 0.293 e. The second kappa shape index (κ2) is 8.12. The SMILES string of the molecule is Cc1ccc(-c2cc3c(=O)n(CC(=O)NCc4ccc(Cl)cc4)ncn3n2)c(C)c1. The van der Waals surface area contributed by atoms with Crippen molar-refractivity contribution in [1.29, 1.82) is 0 Å². The largest absolute Gasteiger partial charge is 0.350 e. The zero-order valence-corrected chi connectivity index (χ0v) is 17.3. The van der Waals surface area contributed by atoms with Crippen LogP contribution in [0.15, 0.2) is 59.7 Å². The molecule has 0 fully saturated rings. The summed E-state index contributed by atoms with van der Waals surface area (Å²) in [6.07, 6.45) is 1.44. The van der Waals surface area contributed by atoms with Crippen LogP contribution >= 0.6 is 11.6 Å². The second-order valence-corrected chi connectivity index (χ2v) is 7.61. The van der Waals surface area contributed by atoms with Gasteiger partial charge in [0.25, 0.3) is 5.56 Å². The number of hydrogen-bond donors (Lipinski definition) is 1. The van der Waals surface area contributed by atoms with Gasteiger partial charge < -0.3 is 5.32 Å². The Labute approximate surface area is 177 Å². The summed E-state index contributed by atoms with van der Waals surface area (Å²) < 4.78 is 2.58. The third kappa shape index (κ3) is 4.11. The van der Waals surface area contributed by atoms with E-state index < -0.39 is 0 Å². The molecular weight excluding hydrogens is 402 g/mol. The van der Waals surface area contributed by atoms with Crippen LogP contribution in [0.5, 0.6) is 0 Å². The van der Waals surface area contributed by atoms with E-state index in [1.807, 2.05) is 38.1 Å². The number of rotatable bonds is 5. The fraction of sp³-hybridized carbons (Fsp3) is 0.182. The monoisotopic (exact) mass is 421 g/mol. The van der Waals surface area contributed by atoms with E-state index in [1.54, 1.807) is 18.2 Å². The Morgan fingerprint density at radius 3 is 2.60 bits per heavy atom. The number of carbonyl (C=O) groups is 1. The van der Waals surface area contributed by atoms with Gasteiger partial charge in [-0.3, -0.25) is 9.59 Å². The van der Waals surface area contributed by atoms with Crippen molar-refractivity contribution in [3.63, 3.8) is 0 Å². The van der Waals surface area contributed by atoms with E-state index in [0.29, 0.717) is 22.8 Å². The number of aromatic nitrogens is 4. The third-order valence-electron chi connectivity index (χ3n) is 4.84. The molecule has 7 nitrogen and oxygen atoms in total. The molecule has 0 saturated carbocycles. The van der Waals surface area contributed by atoms with E-state index >= 15 is 0 Å². The van der Waals surface area contributed by atoms with Crippen LogP contribution in [0.25, 0.3) is 16.8 Å². The lowest BCUT2D eigenvalue weighted by Gasteiger charge is -2.07. The standard InChI is InChI=1S/C22H20ClN5O2/c1-14-3-8-18(15(2)9-14)19-10-20-22(30)27(25-13-28(20)26-19)12-21(29)24-11-16-4-6-17(23)7-5-16/h3-10,13H,11-12H2,1-2H3,(H,24,29). The molecule has 4 aromatic rings. The minimum absolute atomic E-state index is 0.174. The minimum atomic E-state index is -0.373. The Morgan fingerprint density at radius 2 is 1.87 bits per heavy atom. The van der Waals surface area contributed by atoms with Gasteiger partial charge in [-0.05, 0) is 43.2 Å². The molecule has 2 aromatic carbocycles. The van der Waals surface area contributed by atoms with Crippen LogP contribution < -0.4 is 10.9 Å². The van der Waals surface area contributed by atoms with Gasteiger partial charge in [-0.1, -0.05) is 47.5 Å². The van der Waals surface area contributed by atoms with Gasteiger partial charge in [0, 0.05) is 17.1 Å². The Kier molecular flexibility index (Phi) is 5.37. The summed E-state index contributed by atoms with van der Waals surface area (Å²) in [4.78, 5) is 25.1. The number of halogens is 1. The number of hydrogen-bond acceptors (Lipinski definition) is 4. The van der Waals surface area contributed by atoms with Crippen molar-refractivity contribution >= 4 is 23.0 Å². The van der Waals surface area contributed by atoms with Gasteiger partial charge in [-0.25, -0.2) is 9.20 Å². The van der Waals surface area contributed by atoms with Crippen LogP contribution in [0.1, 0.15) is 16.7 Å². The van der Waals surface area contributed by atoms with Crippen LogP contribution in [-0.2, 0) is 17.9 Å². The fourth-order valence-corrected chi connectivity index (χ4v) is 3.40. The molecular formula is C22H20ClN5O2. The maximum absolute atomic E-state index is 12.8.